The number of carbonyl (C=O) groups excluding carboxylic acids is 1. The highest BCUT2D eigenvalue weighted by molar-refractivity contribution is 9.10. The van der Waals surface area contributed by atoms with Crippen molar-refractivity contribution in [3.63, 3.8) is 0 Å². The molecule has 1 amide bonds. The Hall–Kier alpha value is -0.940. The van der Waals surface area contributed by atoms with Crippen LogP contribution in [0.4, 0.5) is 5.69 Å². The van der Waals surface area contributed by atoms with Crippen molar-refractivity contribution in [3.05, 3.63) is 55.9 Å². The summed E-state index contributed by atoms with van der Waals surface area (Å²) in [7, 11) is 0. The Bertz CT molecular complexity index is 659. The Kier molecular flexibility index (Phi) is 5.76. The van der Waals surface area contributed by atoms with E-state index in [0.717, 1.165) is 4.47 Å². The lowest BCUT2D eigenvalue weighted by atomic mass is 10.3. The van der Waals surface area contributed by atoms with Crippen LogP contribution in [-0.2, 0) is 4.79 Å². The first-order chi connectivity index (χ1) is 9.97. The molecule has 0 radical (unpaired) electrons. The van der Waals surface area contributed by atoms with E-state index in [4.69, 9.17) is 39.5 Å². The minimum atomic E-state index is -0.366. The number of para-hydroxylation sites is 1. The highest BCUT2D eigenvalue weighted by Crippen LogP contribution is 2.32. The third-order valence-corrected chi connectivity index (χ3v) is 3.87. The Labute approximate surface area is 145 Å². The molecule has 7 heteroatoms. The minimum Gasteiger partial charge on any atom is -0.481 e. The van der Waals surface area contributed by atoms with Gasteiger partial charge in [-0.25, -0.2) is 0 Å². The van der Waals surface area contributed by atoms with Gasteiger partial charge in [0.25, 0.3) is 5.91 Å². The summed E-state index contributed by atoms with van der Waals surface area (Å²) >= 11 is 21.2. The number of ether oxygens (including phenoxy) is 1. The number of rotatable bonds is 4. The molecule has 0 aliphatic carbocycles. The Morgan fingerprint density at radius 3 is 2.38 bits per heavy atom. The lowest BCUT2D eigenvalue weighted by Gasteiger charge is -2.11. The van der Waals surface area contributed by atoms with Crippen molar-refractivity contribution >= 4 is 62.3 Å². The molecule has 0 aliphatic heterocycles. The summed E-state index contributed by atoms with van der Waals surface area (Å²) in [4.78, 5) is 11.9. The van der Waals surface area contributed by atoms with Gasteiger partial charge in [-0.15, -0.1) is 0 Å². The quantitative estimate of drug-likeness (QED) is 0.732. The summed E-state index contributed by atoms with van der Waals surface area (Å²) in [6, 6.07) is 10.1. The van der Waals surface area contributed by atoms with Crippen molar-refractivity contribution in [2.75, 3.05) is 11.9 Å². The maximum Gasteiger partial charge on any atom is 0.262 e. The molecular weight excluding hydrogens is 400 g/mol. The molecule has 0 fully saturated rings. The fourth-order valence-electron chi connectivity index (χ4n) is 1.54. The Morgan fingerprint density at radius 2 is 1.76 bits per heavy atom. The topological polar surface area (TPSA) is 38.3 Å². The second-order valence-electron chi connectivity index (χ2n) is 4.01. The van der Waals surface area contributed by atoms with Crippen LogP contribution >= 0.6 is 50.7 Å². The van der Waals surface area contributed by atoms with Gasteiger partial charge in [0, 0.05) is 4.47 Å². The van der Waals surface area contributed by atoms with Gasteiger partial charge in [-0.1, -0.05) is 56.8 Å². The average molecular weight is 409 g/mol. The molecule has 110 valence electrons. The molecule has 0 saturated heterocycles. The molecule has 0 atom stereocenters. The van der Waals surface area contributed by atoms with Crippen molar-refractivity contribution in [1.82, 2.24) is 0 Å². The first-order valence-electron chi connectivity index (χ1n) is 5.79. The molecule has 1 N–H and O–H groups in total. The van der Waals surface area contributed by atoms with E-state index in [-0.39, 0.29) is 18.3 Å². The zero-order valence-electron chi connectivity index (χ0n) is 10.5. The Morgan fingerprint density at radius 1 is 1.10 bits per heavy atom. The molecule has 0 bridgehead atoms. The van der Waals surface area contributed by atoms with Gasteiger partial charge in [0.15, 0.2) is 12.4 Å². The van der Waals surface area contributed by atoms with Gasteiger partial charge in [0.1, 0.15) is 0 Å². The number of carbonyl (C=O) groups is 1. The second kappa shape index (κ2) is 7.36. The maximum absolute atomic E-state index is 11.9. The van der Waals surface area contributed by atoms with Crippen LogP contribution in [0.1, 0.15) is 0 Å². The molecule has 0 aromatic heterocycles. The summed E-state index contributed by atoms with van der Waals surface area (Å²) in [5.41, 5.74) is 0.499. The molecule has 0 heterocycles. The smallest absolute Gasteiger partial charge is 0.262 e. The molecule has 2 aromatic rings. The van der Waals surface area contributed by atoms with Gasteiger partial charge in [0.2, 0.25) is 0 Å². The zero-order valence-corrected chi connectivity index (χ0v) is 14.4. The van der Waals surface area contributed by atoms with Crippen molar-refractivity contribution in [2.24, 2.45) is 0 Å². The minimum absolute atomic E-state index is 0.226. The van der Waals surface area contributed by atoms with E-state index in [2.05, 4.69) is 21.2 Å². The number of hydrogen-bond donors (Lipinski definition) is 1. The standard InChI is InChI=1S/C14H9BrCl3NO2/c15-8-4-5-12(11(18)6-8)19-13(20)7-21-14-9(16)2-1-3-10(14)17/h1-6H,7H2,(H,19,20). The van der Waals surface area contributed by atoms with Crippen LogP contribution < -0.4 is 10.1 Å². The molecular formula is C14H9BrCl3NO2. The van der Waals surface area contributed by atoms with Crippen molar-refractivity contribution < 1.29 is 9.53 Å². The first-order valence-corrected chi connectivity index (χ1v) is 7.72. The van der Waals surface area contributed by atoms with E-state index in [1.807, 2.05) is 0 Å². The average Bonchev–Trinajstić information content (AvgIpc) is 2.41. The lowest BCUT2D eigenvalue weighted by molar-refractivity contribution is -0.118. The highest BCUT2D eigenvalue weighted by Gasteiger charge is 2.11. The first kappa shape index (κ1) is 16.4. The summed E-state index contributed by atoms with van der Waals surface area (Å²) in [6.07, 6.45) is 0. The zero-order chi connectivity index (χ0) is 15.4. The largest absolute Gasteiger partial charge is 0.481 e. The summed E-state index contributed by atoms with van der Waals surface area (Å²) in [6.45, 7) is -0.226. The normalized spacial score (nSPS) is 10.3. The number of halogens is 4. The summed E-state index contributed by atoms with van der Waals surface area (Å²) < 4.78 is 6.16. The molecule has 0 saturated carbocycles. The van der Waals surface area contributed by atoms with Crippen LogP contribution in [0.3, 0.4) is 0 Å². The number of anilines is 1. The van der Waals surface area contributed by atoms with Crippen LogP contribution in [0.5, 0.6) is 5.75 Å². The number of amides is 1. The van der Waals surface area contributed by atoms with Gasteiger partial charge in [-0.2, -0.15) is 0 Å². The fourth-order valence-corrected chi connectivity index (χ4v) is 2.76. The predicted molar refractivity (Wildman–Crippen MR) is 89.7 cm³/mol. The third kappa shape index (κ3) is 4.51. The van der Waals surface area contributed by atoms with Crippen LogP contribution in [0.2, 0.25) is 15.1 Å². The van der Waals surface area contributed by atoms with E-state index in [9.17, 15) is 4.79 Å². The fraction of sp³-hybridized carbons (Fsp3) is 0.0714. The SMILES string of the molecule is O=C(COc1c(Cl)cccc1Cl)Nc1ccc(Br)cc1Cl. The predicted octanol–water partition coefficient (Wildman–Crippen LogP) is 5.43. The number of nitrogens with one attached hydrogen (secondary N) is 1. The van der Waals surface area contributed by atoms with E-state index < -0.39 is 0 Å². The van der Waals surface area contributed by atoms with Gasteiger partial charge in [-0.05, 0) is 30.3 Å². The molecule has 2 rings (SSSR count). The monoisotopic (exact) mass is 407 g/mol. The van der Waals surface area contributed by atoms with Gasteiger partial charge < -0.3 is 10.1 Å². The summed E-state index contributed by atoms with van der Waals surface area (Å²) in [5, 5.41) is 3.76. The van der Waals surface area contributed by atoms with Crippen LogP contribution in [-0.4, -0.2) is 12.5 Å². The van der Waals surface area contributed by atoms with Crippen molar-refractivity contribution in [2.45, 2.75) is 0 Å². The maximum atomic E-state index is 11.9. The molecule has 2 aromatic carbocycles. The number of benzene rings is 2. The van der Waals surface area contributed by atoms with E-state index >= 15 is 0 Å². The molecule has 21 heavy (non-hydrogen) atoms. The molecule has 0 aliphatic rings. The Balaban J connectivity index is 1.99. The van der Waals surface area contributed by atoms with Crippen LogP contribution in [0.25, 0.3) is 0 Å². The lowest BCUT2D eigenvalue weighted by Crippen LogP contribution is -2.20. The van der Waals surface area contributed by atoms with E-state index in [1.165, 1.54) is 0 Å². The van der Waals surface area contributed by atoms with Gasteiger partial charge in [-0.3, -0.25) is 4.79 Å². The summed E-state index contributed by atoms with van der Waals surface area (Å²) in [5.74, 6) is -0.0897. The third-order valence-electron chi connectivity index (χ3n) is 2.47. The molecule has 3 nitrogen and oxygen atoms in total. The van der Waals surface area contributed by atoms with E-state index in [0.29, 0.717) is 20.8 Å². The van der Waals surface area contributed by atoms with Gasteiger partial charge >= 0.3 is 0 Å². The van der Waals surface area contributed by atoms with Crippen molar-refractivity contribution in [1.29, 1.82) is 0 Å². The number of hydrogen-bond acceptors (Lipinski definition) is 2. The second-order valence-corrected chi connectivity index (χ2v) is 6.15. The van der Waals surface area contributed by atoms with Crippen LogP contribution in [0.15, 0.2) is 40.9 Å². The highest BCUT2D eigenvalue weighted by atomic mass is 79.9. The van der Waals surface area contributed by atoms with Gasteiger partial charge in [0.05, 0.1) is 20.8 Å². The molecule has 0 unspecified atom stereocenters. The molecule has 0 spiro atoms. The van der Waals surface area contributed by atoms with Crippen LogP contribution in [0, 0.1) is 0 Å². The van der Waals surface area contributed by atoms with E-state index in [1.54, 1.807) is 36.4 Å². The van der Waals surface area contributed by atoms with Crippen molar-refractivity contribution in [3.8, 4) is 5.75 Å².